The van der Waals surface area contributed by atoms with Crippen LogP contribution in [0.2, 0.25) is 0 Å². The molecule has 5 heteroatoms. The third-order valence-corrected chi connectivity index (χ3v) is 3.42. The Balaban J connectivity index is 1.98. The molecule has 1 aromatic rings. The van der Waals surface area contributed by atoms with Crippen LogP contribution in [-0.2, 0) is 12.7 Å². The van der Waals surface area contributed by atoms with Crippen LogP contribution < -0.4 is 0 Å². The minimum Gasteiger partial charge on any atom is -0.292 e. The van der Waals surface area contributed by atoms with Gasteiger partial charge in [-0.2, -0.15) is 13.2 Å². The molecule has 1 heterocycles. The van der Waals surface area contributed by atoms with Gasteiger partial charge in [0.1, 0.15) is 0 Å². The Morgan fingerprint density at radius 1 is 1.25 bits per heavy atom. The van der Waals surface area contributed by atoms with Gasteiger partial charge in [0.25, 0.3) is 0 Å². The van der Waals surface area contributed by atoms with E-state index in [1.54, 1.807) is 12.1 Å². The number of hydrogen-bond donors (Lipinski definition) is 0. The van der Waals surface area contributed by atoms with Crippen LogP contribution in [0.4, 0.5) is 13.2 Å². The van der Waals surface area contributed by atoms with E-state index in [4.69, 9.17) is 0 Å². The highest BCUT2D eigenvalue weighted by Gasteiger charge is 2.33. The van der Waals surface area contributed by atoms with E-state index >= 15 is 0 Å². The zero-order valence-electron chi connectivity index (χ0n) is 8.47. The quantitative estimate of drug-likeness (QED) is 0.610. The summed E-state index contributed by atoms with van der Waals surface area (Å²) in [5.74, 6) is 0. The molecule has 16 heavy (non-hydrogen) atoms. The summed E-state index contributed by atoms with van der Waals surface area (Å²) in [6.07, 6.45) is -4.24. The lowest BCUT2D eigenvalue weighted by Crippen LogP contribution is -2.06. The molecule has 0 N–H and O–H groups in total. The van der Waals surface area contributed by atoms with E-state index in [1.165, 1.54) is 0 Å². The van der Waals surface area contributed by atoms with Gasteiger partial charge in [0.2, 0.25) is 0 Å². The first-order valence-corrected chi connectivity index (χ1v) is 6.09. The topological polar surface area (TPSA) is 3.01 Å². The van der Waals surface area contributed by atoms with Crippen molar-refractivity contribution < 1.29 is 13.2 Å². The molecule has 0 saturated carbocycles. The number of alkyl halides is 4. The lowest BCUT2D eigenvalue weighted by atomic mass is 10.1. The fraction of sp³-hybridized carbons (Fsp3) is 0.455. The second-order valence-electron chi connectivity index (χ2n) is 3.93. The second-order valence-corrected chi connectivity index (χ2v) is 4.58. The molecule has 1 aromatic carbocycles. The number of benzene rings is 1. The van der Waals surface area contributed by atoms with Gasteiger partial charge in [0.15, 0.2) is 0 Å². The van der Waals surface area contributed by atoms with Crippen LogP contribution in [0.15, 0.2) is 24.3 Å². The van der Waals surface area contributed by atoms with E-state index in [0.29, 0.717) is 6.04 Å². The van der Waals surface area contributed by atoms with E-state index < -0.39 is 11.7 Å². The van der Waals surface area contributed by atoms with Crippen molar-refractivity contribution in [3.8, 4) is 0 Å². The summed E-state index contributed by atoms with van der Waals surface area (Å²) in [6.45, 7) is 1.75. The van der Waals surface area contributed by atoms with Gasteiger partial charge in [0, 0.05) is 24.5 Å². The van der Waals surface area contributed by atoms with Crippen molar-refractivity contribution in [1.82, 2.24) is 4.90 Å². The first-order chi connectivity index (χ1) is 7.50. The third-order valence-electron chi connectivity index (χ3n) is 2.67. The molecule has 1 aliphatic rings. The highest BCUT2D eigenvalue weighted by Crippen LogP contribution is 2.30. The molecule has 0 radical (unpaired) electrons. The number of nitrogens with zero attached hydrogens (tertiary/aromatic N) is 1. The van der Waals surface area contributed by atoms with Crippen molar-refractivity contribution in [1.29, 1.82) is 0 Å². The first-order valence-electron chi connectivity index (χ1n) is 4.97. The highest BCUT2D eigenvalue weighted by atomic mass is 79.9. The van der Waals surface area contributed by atoms with Gasteiger partial charge in [-0.25, -0.2) is 0 Å². The number of rotatable bonds is 3. The summed E-state index contributed by atoms with van der Waals surface area (Å²) in [5.41, 5.74) is 0.343. The molecule has 1 fully saturated rings. The monoisotopic (exact) mass is 293 g/mol. The molecule has 2 rings (SSSR count). The third kappa shape index (κ3) is 2.77. The fourth-order valence-electron chi connectivity index (χ4n) is 1.60. The van der Waals surface area contributed by atoms with Crippen molar-refractivity contribution >= 4 is 15.9 Å². The molecule has 0 bridgehead atoms. The Morgan fingerprint density at radius 2 is 1.88 bits per heavy atom. The van der Waals surface area contributed by atoms with Crippen LogP contribution in [0.5, 0.6) is 0 Å². The fourth-order valence-corrected chi connectivity index (χ4v) is 2.21. The van der Waals surface area contributed by atoms with Gasteiger partial charge in [-0.1, -0.05) is 28.1 Å². The highest BCUT2D eigenvalue weighted by molar-refractivity contribution is 9.09. The summed E-state index contributed by atoms with van der Waals surface area (Å²) < 4.78 is 36.9. The molecule has 1 aliphatic heterocycles. The summed E-state index contributed by atoms with van der Waals surface area (Å²) in [5, 5.41) is 0.924. The number of hydrogen-bond acceptors (Lipinski definition) is 1. The SMILES string of the molecule is FC(F)(F)c1ccc(CN2C[C@@H]2CBr)cc1. The minimum absolute atomic E-state index is 0.544. The molecular formula is C11H11BrF3N. The van der Waals surface area contributed by atoms with Crippen LogP contribution in [0.3, 0.4) is 0 Å². The molecular weight excluding hydrogens is 283 g/mol. The summed E-state index contributed by atoms with van der Waals surface area (Å²) in [7, 11) is 0. The average Bonchev–Trinajstić information content (AvgIpc) is 2.96. The van der Waals surface area contributed by atoms with Gasteiger partial charge in [-0.3, -0.25) is 4.90 Å². The van der Waals surface area contributed by atoms with E-state index in [0.717, 1.165) is 36.1 Å². The number of halogens is 4. The van der Waals surface area contributed by atoms with E-state index in [9.17, 15) is 13.2 Å². The van der Waals surface area contributed by atoms with Crippen molar-refractivity contribution in [2.75, 3.05) is 11.9 Å². The van der Waals surface area contributed by atoms with Crippen molar-refractivity contribution in [3.63, 3.8) is 0 Å². The second kappa shape index (κ2) is 4.37. The maximum atomic E-state index is 12.3. The van der Waals surface area contributed by atoms with Crippen molar-refractivity contribution in [2.45, 2.75) is 18.8 Å². The normalized spacial score (nSPS) is 24.5. The van der Waals surface area contributed by atoms with Gasteiger partial charge < -0.3 is 0 Å². The summed E-state index contributed by atoms with van der Waals surface area (Å²) in [4.78, 5) is 2.21. The smallest absolute Gasteiger partial charge is 0.292 e. The lowest BCUT2D eigenvalue weighted by molar-refractivity contribution is -0.137. The van der Waals surface area contributed by atoms with E-state index in [1.807, 2.05) is 0 Å². The van der Waals surface area contributed by atoms with Crippen molar-refractivity contribution in [3.05, 3.63) is 35.4 Å². The van der Waals surface area contributed by atoms with Crippen LogP contribution in [-0.4, -0.2) is 22.8 Å². The van der Waals surface area contributed by atoms with Crippen LogP contribution >= 0.6 is 15.9 Å². The zero-order chi connectivity index (χ0) is 11.8. The van der Waals surface area contributed by atoms with Crippen molar-refractivity contribution in [2.24, 2.45) is 0 Å². The van der Waals surface area contributed by atoms with Crippen LogP contribution in [0.1, 0.15) is 11.1 Å². The van der Waals surface area contributed by atoms with Crippen LogP contribution in [0.25, 0.3) is 0 Å². The summed E-state index contributed by atoms with van der Waals surface area (Å²) >= 11 is 3.38. The van der Waals surface area contributed by atoms with Gasteiger partial charge in [-0.15, -0.1) is 0 Å². The molecule has 1 unspecified atom stereocenters. The predicted molar refractivity (Wildman–Crippen MR) is 59.4 cm³/mol. The largest absolute Gasteiger partial charge is 0.416 e. The molecule has 2 atom stereocenters. The first kappa shape index (κ1) is 11.9. The molecule has 1 saturated heterocycles. The Morgan fingerprint density at radius 3 is 2.31 bits per heavy atom. The standard InChI is InChI=1S/C11H11BrF3N/c12-5-10-7-16(10)6-8-1-3-9(4-2-8)11(13,14)15/h1-4,10H,5-7H2/t10-,16?/m0/s1. The van der Waals surface area contributed by atoms with Gasteiger partial charge in [0.05, 0.1) is 5.56 Å². The molecule has 0 aromatic heterocycles. The minimum atomic E-state index is -4.24. The maximum Gasteiger partial charge on any atom is 0.416 e. The lowest BCUT2D eigenvalue weighted by Gasteiger charge is -2.08. The van der Waals surface area contributed by atoms with Gasteiger partial charge >= 0.3 is 6.18 Å². The average molecular weight is 294 g/mol. The Labute approximate surface area is 100 Å². The Bertz CT molecular complexity index is 360. The maximum absolute atomic E-state index is 12.3. The van der Waals surface area contributed by atoms with Gasteiger partial charge in [-0.05, 0) is 17.7 Å². The van der Waals surface area contributed by atoms with Crippen LogP contribution in [0, 0.1) is 0 Å². The molecule has 0 aliphatic carbocycles. The zero-order valence-corrected chi connectivity index (χ0v) is 10.1. The summed E-state index contributed by atoms with van der Waals surface area (Å²) in [6, 6.07) is 5.92. The molecule has 0 amide bonds. The molecule has 88 valence electrons. The van der Waals surface area contributed by atoms with E-state index in [-0.39, 0.29) is 0 Å². The van der Waals surface area contributed by atoms with E-state index in [2.05, 4.69) is 20.8 Å². The Kier molecular flexibility index (Phi) is 3.26. The Hall–Kier alpha value is -0.550. The molecule has 1 nitrogen and oxygen atoms in total. The predicted octanol–water partition coefficient (Wildman–Crippen LogP) is 3.28. The molecule has 0 spiro atoms.